The van der Waals surface area contributed by atoms with Gasteiger partial charge >= 0.3 is 5.97 Å². The van der Waals surface area contributed by atoms with Crippen molar-refractivity contribution in [2.75, 3.05) is 14.2 Å². The molecule has 1 unspecified atom stereocenters. The van der Waals surface area contributed by atoms with E-state index in [0.717, 1.165) is 6.07 Å². The number of carbonyl (C=O) groups is 1. The van der Waals surface area contributed by atoms with Gasteiger partial charge in [0, 0.05) is 0 Å². The normalized spacial score (nSPS) is 14.2. The zero-order valence-corrected chi connectivity index (χ0v) is 13.8. The van der Waals surface area contributed by atoms with E-state index < -0.39 is 27.3 Å². The summed E-state index contributed by atoms with van der Waals surface area (Å²) in [6.45, 7) is 3.24. The molecule has 0 aliphatic carbocycles. The Hall–Kier alpha value is -1.67. The molecule has 22 heavy (non-hydrogen) atoms. The Bertz CT molecular complexity index is 647. The van der Waals surface area contributed by atoms with Gasteiger partial charge in [0.15, 0.2) is 11.6 Å². The maximum Gasteiger partial charge on any atom is 0.326 e. The summed E-state index contributed by atoms with van der Waals surface area (Å²) >= 11 is 0. The molecule has 0 radical (unpaired) electrons. The van der Waals surface area contributed by atoms with E-state index in [1.54, 1.807) is 0 Å². The van der Waals surface area contributed by atoms with Gasteiger partial charge in [0.25, 0.3) is 0 Å². The Morgan fingerprint density at radius 2 is 2.00 bits per heavy atom. The molecule has 1 aromatic carbocycles. The molecule has 1 atom stereocenters. The molecule has 0 aliphatic rings. The number of hydrogen-bond acceptors (Lipinski definition) is 5. The highest BCUT2D eigenvalue weighted by molar-refractivity contribution is 7.89. The van der Waals surface area contributed by atoms with Gasteiger partial charge in [-0.3, -0.25) is 4.79 Å². The number of nitrogens with one attached hydrogen (secondary N) is 1. The Labute approximate surface area is 129 Å². The fourth-order valence-corrected chi connectivity index (χ4v) is 3.49. The van der Waals surface area contributed by atoms with Crippen LogP contribution in [-0.2, 0) is 19.6 Å². The van der Waals surface area contributed by atoms with E-state index in [1.807, 2.05) is 6.92 Å². The minimum Gasteiger partial charge on any atom is -0.494 e. The van der Waals surface area contributed by atoms with Crippen LogP contribution in [0, 0.1) is 5.82 Å². The van der Waals surface area contributed by atoms with Crippen molar-refractivity contribution in [2.24, 2.45) is 0 Å². The third kappa shape index (κ3) is 3.95. The molecule has 6 nitrogen and oxygen atoms in total. The van der Waals surface area contributed by atoms with Gasteiger partial charge in [-0.25, -0.2) is 12.8 Å². The monoisotopic (exact) mass is 333 g/mol. The number of esters is 1. The highest BCUT2D eigenvalue weighted by Crippen LogP contribution is 2.23. The van der Waals surface area contributed by atoms with Gasteiger partial charge in [0.05, 0.1) is 19.1 Å². The van der Waals surface area contributed by atoms with Gasteiger partial charge in [-0.15, -0.1) is 0 Å². The predicted octanol–water partition coefficient (Wildman–Crippen LogP) is 1.84. The second kappa shape index (κ2) is 7.06. The number of halogens is 1. The summed E-state index contributed by atoms with van der Waals surface area (Å²) in [5, 5.41) is 0. The maximum absolute atomic E-state index is 13.7. The van der Waals surface area contributed by atoms with Crippen LogP contribution in [0.4, 0.5) is 4.39 Å². The van der Waals surface area contributed by atoms with Gasteiger partial charge < -0.3 is 9.47 Å². The molecule has 0 aliphatic heterocycles. The Balaban J connectivity index is 3.18. The summed E-state index contributed by atoms with van der Waals surface area (Å²) in [6, 6.07) is 3.25. The summed E-state index contributed by atoms with van der Waals surface area (Å²) in [5.74, 6) is -1.57. The van der Waals surface area contributed by atoms with Gasteiger partial charge in [-0.2, -0.15) is 4.72 Å². The molecule has 124 valence electrons. The first-order valence-electron chi connectivity index (χ1n) is 6.66. The first kappa shape index (κ1) is 18.4. The molecule has 0 spiro atoms. The molecule has 1 N–H and O–H groups in total. The molecule has 0 saturated heterocycles. The van der Waals surface area contributed by atoms with Crippen LogP contribution in [0.2, 0.25) is 0 Å². The SMILES string of the molecule is CCCC(C)(NS(=O)(=O)c1ccc(OC)c(F)c1)C(=O)OC. The topological polar surface area (TPSA) is 81.7 Å². The van der Waals surface area contributed by atoms with Crippen LogP contribution in [0.3, 0.4) is 0 Å². The third-order valence-corrected chi connectivity index (χ3v) is 4.77. The molecule has 0 amide bonds. The minimum atomic E-state index is -4.09. The number of sulfonamides is 1. The lowest BCUT2D eigenvalue weighted by Gasteiger charge is -2.27. The van der Waals surface area contributed by atoms with Crippen molar-refractivity contribution in [3.8, 4) is 5.75 Å². The summed E-state index contributed by atoms with van der Waals surface area (Å²) in [7, 11) is -1.63. The second-order valence-corrected chi connectivity index (χ2v) is 6.66. The van der Waals surface area contributed by atoms with Crippen molar-refractivity contribution in [1.29, 1.82) is 0 Å². The number of hydrogen-bond donors (Lipinski definition) is 1. The van der Waals surface area contributed by atoms with Crippen molar-refractivity contribution in [3.05, 3.63) is 24.0 Å². The fourth-order valence-electron chi connectivity index (χ4n) is 2.09. The summed E-state index contributed by atoms with van der Waals surface area (Å²) in [4.78, 5) is 11.6. The molecular formula is C14H20FNO5S. The van der Waals surface area contributed by atoms with E-state index in [1.165, 1.54) is 33.3 Å². The largest absolute Gasteiger partial charge is 0.494 e. The fraction of sp³-hybridized carbons (Fsp3) is 0.500. The van der Waals surface area contributed by atoms with Gasteiger partial charge in [-0.05, 0) is 31.5 Å². The van der Waals surface area contributed by atoms with Crippen LogP contribution in [0.1, 0.15) is 26.7 Å². The maximum atomic E-state index is 13.7. The van der Waals surface area contributed by atoms with E-state index in [0.29, 0.717) is 6.42 Å². The molecule has 0 aromatic heterocycles. The third-order valence-electron chi connectivity index (χ3n) is 3.18. The molecule has 1 aromatic rings. The van der Waals surface area contributed by atoms with Crippen LogP contribution in [0.25, 0.3) is 0 Å². The number of methoxy groups -OCH3 is 2. The van der Waals surface area contributed by atoms with Crippen molar-refractivity contribution < 1.29 is 27.1 Å². The van der Waals surface area contributed by atoms with Crippen LogP contribution >= 0.6 is 0 Å². The number of benzene rings is 1. The molecule has 0 heterocycles. The average Bonchev–Trinajstić information content (AvgIpc) is 2.45. The quantitative estimate of drug-likeness (QED) is 0.770. The highest BCUT2D eigenvalue weighted by atomic mass is 32.2. The second-order valence-electron chi connectivity index (χ2n) is 4.98. The summed E-state index contributed by atoms with van der Waals surface area (Å²) in [5.41, 5.74) is -1.42. The van der Waals surface area contributed by atoms with Crippen LogP contribution in [0.5, 0.6) is 5.75 Å². The van der Waals surface area contributed by atoms with Crippen LogP contribution < -0.4 is 9.46 Å². The van der Waals surface area contributed by atoms with E-state index in [4.69, 9.17) is 4.74 Å². The van der Waals surface area contributed by atoms with E-state index in [2.05, 4.69) is 9.46 Å². The van der Waals surface area contributed by atoms with Crippen molar-refractivity contribution in [1.82, 2.24) is 4.72 Å². The van der Waals surface area contributed by atoms with Crippen molar-refractivity contribution in [2.45, 2.75) is 37.1 Å². The molecule has 0 saturated carbocycles. The zero-order valence-electron chi connectivity index (χ0n) is 13.0. The number of rotatable bonds is 7. The highest BCUT2D eigenvalue weighted by Gasteiger charge is 2.38. The zero-order chi connectivity index (χ0) is 17.0. The Kier molecular flexibility index (Phi) is 5.90. The lowest BCUT2D eigenvalue weighted by molar-refractivity contribution is -0.147. The van der Waals surface area contributed by atoms with Crippen molar-refractivity contribution in [3.63, 3.8) is 0 Å². The van der Waals surface area contributed by atoms with Crippen LogP contribution in [-0.4, -0.2) is 34.1 Å². The van der Waals surface area contributed by atoms with Crippen molar-refractivity contribution >= 4 is 16.0 Å². The molecular weight excluding hydrogens is 313 g/mol. The smallest absolute Gasteiger partial charge is 0.326 e. The van der Waals surface area contributed by atoms with E-state index in [9.17, 15) is 17.6 Å². The number of ether oxygens (including phenoxy) is 2. The van der Waals surface area contributed by atoms with Gasteiger partial charge in [-0.1, -0.05) is 13.3 Å². The van der Waals surface area contributed by atoms with Gasteiger partial charge in [0.2, 0.25) is 10.0 Å². The lowest BCUT2D eigenvalue weighted by atomic mass is 9.98. The molecule has 1 rings (SSSR count). The average molecular weight is 333 g/mol. The summed E-state index contributed by atoms with van der Waals surface area (Å²) < 4.78 is 50.1. The molecule has 0 bridgehead atoms. The van der Waals surface area contributed by atoms with E-state index >= 15 is 0 Å². The first-order valence-corrected chi connectivity index (χ1v) is 8.14. The van der Waals surface area contributed by atoms with Crippen LogP contribution in [0.15, 0.2) is 23.1 Å². The summed E-state index contributed by atoms with van der Waals surface area (Å²) in [6.07, 6.45) is 0.808. The lowest BCUT2D eigenvalue weighted by Crippen LogP contribution is -2.52. The Morgan fingerprint density at radius 1 is 1.36 bits per heavy atom. The molecule has 8 heteroatoms. The van der Waals surface area contributed by atoms with Gasteiger partial charge in [0.1, 0.15) is 5.54 Å². The predicted molar refractivity (Wildman–Crippen MR) is 78.6 cm³/mol. The first-order chi connectivity index (χ1) is 10.2. The Morgan fingerprint density at radius 3 is 2.45 bits per heavy atom. The number of carbonyl (C=O) groups excluding carboxylic acids is 1. The molecule has 0 fully saturated rings. The standard InChI is InChI=1S/C14H20FNO5S/c1-5-8-14(2,13(17)21-4)16-22(18,19)10-6-7-12(20-3)11(15)9-10/h6-7,9,16H,5,8H2,1-4H3. The van der Waals surface area contributed by atoms with E-state index in [-0.39, 0.29) is 17.1 Å². The minimum absolute atomic E-state index is 0.0664.